The molecule has 0 nitrogen and oxygen atoms in total. The second-order valence-electron chi connectivity index (χ2n) is 2.79. The van der Waals surface area contributed by atoms with E-state index >= 15 is 0 Å². The van der Waals surface area contributed by atoms with Gasteiger partial charge in [0, 0.05) is 0 Å². The Hall–Kier alpha value is -0.580. The van der Waals surface area contributed by atoms with Crippen LogP contribution in [0.2, 0.25) is 0 Å². The van der Waals surface area contributed by atoms with E-state index in [1.54, 1.807) is 6.92 Å². The van der Waals surface area contributed by atoms with Gasteiger partial charge in [-0.1, -0.05) is 6.92 Å². The minimum Gasteiger partial charge on any atom is -0.206 e. The second-order valence-corrected chi connectivity index (χ2v) is 3.78. The van der Waals surface area contributed by atoms with Gasteiger partial charge in [-0.15, -0.1) is 0 Å². The van der Waals surface area contributed by atoms with Gasteiger partial charge in [0.1, 0.15) is 17.2 Å². The first kappa shape index (κ1) is 11.5. The highest BCUT2D eigenvalue weighted by Gasteiger charge is 2.34. The Morgan fingerprint density at radius 1 is 1.21 bits per heavy atom. The molecule has 0 N–H and O–H groups in total. The fourth-order valence-electron chi connectivity index (χ4n) is 1.10. The molecule has 0 bridgehead atoms. The van der Waals surface area contributed by atoms with Crippen molar-refractivity contribution in [1.29, 1.82) is 0 Å². The molecule has 0 spiro atoms. The quantitative estimate of drug-likeness (QED) is 0.564. The predicted molar refractivity (Wildman–Crippen MR) is 48.6 cm³/mol. The van der Waals surface area contributed by atoms with Gasteiger partial charge >= 0.3 is 4.83 Å². The Labute approximate surface area is 87.1 Å². The Morgan fingerprint density at radius 3 is 1.93 bits per heavy atom. The van der Waals surface area contributed by atoms with Gasteiger partial charge in [0.05, 0.1) is 0 Å². The molecule has 0 fully saturated rings. The van der Waals surface area contributed by atoms with Crippen LogP contribution in [0.5, 0.6) is 0 Å². The van der Waals surface area contributed by atoms with Gasteiger partial charge in [-0.05, 0) is 40.0 Å². The Bertz CT molecular complexity index is 320. The van der Waals surface area contributed by atoms with Crippen molar-refractivity contribution in [1.82, 2.24) is 0 Å². The summed E-state index contributed by atoms with van der Waals surface area (Å²) < 4.78 is 51.4. The van der Waals surface area contributed by atoms with Gasteiger partial charge in [-0.25, -0.2) is 8.78 Å². The molecular formula is C9H7BrF4. The molecule has 5 heteroatoms. The average Bonchev–Trinajstić information content (AvgIpc) is 1.99. The molecule has 78 valence electrons. The first-order chi connectivity index (χ1) is 6.36. The minimum absolute atomic E-state index is 0.348. The summed E-state index contributed by atoms with van der Waals surface area (Å²) in [6.07, 6.45) is 0.391. The van der Waals surface area contributed by atoms with Crippen LogP contribution in [0.15, 0.2) is 12.1 Å². The van der Waals surface area contributed by atoms with E-state index < -0.39 is 22.0 Å². The molecule has 0 aromatic heterocycles. The Morgan fingerprint density at radius 2 is 1.64 bits per heavy atom. The van der Waals surface area contributed by atoms with Crippen LogP contribution < -0.4 is 0 Å². The van der Waals surface area contributed by atoms with E-state index in [0.717, 1.165) is 12.1 Å². The monoisotopic (exact) mass is 270 g/mol. The van der Waals surface area contributed by atoms with Crippen LogP contribution in [0.4, 0.5) is 17.6 Å². The maximum Gasteiger partial charge on any atom is 0.332 e. The maximum atomic E-state index is 13.0. The molecule has 1 rings (SSSR count). The SMILES string of the molecule is CCc1cc(F)c(C(F)(F)Br)c(F)c1. The van der Waals surface area contributed by atoms with Gasteiger partial charge in [-0.3, -0.25) is 0 Å². The average molecular weight is 271 g/mol. The van der Waals surface area contributed by atoms with Crippen LogP contribution in [0.1, 0.15) is 18.1 Å². The fourth-order valence-corrected chi connectivity index (χ4v) is 1.48. The maximum absolute atomic E-state index is 13.0. The zero-order chi connectivity index (χ0) is 10.9. The molecule has 0 saturated heterocycles. The summed E-state index contributed by atoms with van der Waals surface area (Å²) in [6.45, 7) is 1.68. The minimum atomic E-state index is -3.67. The predicted octanol–water partition coefficient (Wildman–Crippen LogP) is 3.97. The van der Waals surface area contributed by atoms with E-state index in [2.05, 4.69) is 0 Å². The van der Waals surface area contributed by atoms with Gasteiger partial charge in [0.15, 0.2) is 0 Å². The lowest BCUT2D eigenvalue weighted by Crippen LogP contribution is -2.10. The van der Waals surface area contributed by atoms with Crippen molar-refractivity contribution in [3.05, 3.63) is 34.9 Å². The number of aryl methyl sites for hydroxylation is 1. The van der Waals surface area contributed by atoms with Crippen molar-refractivity contribution in [2.45, 2.75) is 18.2 Å². The lowest BCUT2D eigenvalue weighted by molar-refractivity contribution is 0.105. The molecular weight excluding hydrogens is 264 g/mol. The zero-order valence-corrected chi connectivity index (χ0v) is 8.84. The summed E-state index contributed by atoms with van der Waals surface area (Å²) in [5.41, 5.74) is -0.893. The number of halogens is 5. The molecule has 0 amide bonds. The molecule has 14 heavy (non-hydrogen) atoms. The van der Waals surface area contributed by atoms with E-state index in [1.807, 2.05) is 15.9 Å². The number of rotatable bonds is 2. The van der Waals surface area contributed by atoms with Gasteiger partial charge in [0.2, 0.25) is 0 Å². The molecule has 1 aromatic carbocycles. The van der Waals surface area contributed by atoms with E-state index in [-0.39, 0.29) is 0 Å². The summed E-state index contributed by atoms with van der Waals surface area (Å²) in [7, 11) is 0. The van der Waals surface area contributed by atoms with Crippen molar-refractivity contribution in [2.75, 3.05) is 0 Å². The standard InChI is InChI=1S/C9H7BrF4/c1-2-5-3-6(11)8(7(12)4-5)9(10,13)14/h3-4H,2H2,1H3. The van der Waals surface area contributed by atoms with Crippen LogP contribution in [0, 0.1) is 11.6 Å². The third-order valence-corrected chi connectivity index (χ3v) is 2.19. The fraction of sp³-hybridized carbons (Fsp3) is 0.333. The molecule has 0 saturated carbocycles. The summed E-state index contributed by atoms with van der Waals surface area (Å²) in [4.78, 5) is -3.67. The number of alkyl halides is 3. The highest BCUT2D eigenvalue weighted by atomic mass is 79.9. The summed E-state index contributed by atoms with van der Waals surface area (Å²) in [5, 5.41) is 0. The largest absolute Gasteiger partial charge is 0.332 e. The normalized spacial score (nSPS) is 11.9. The van der Waals surface area contributed by atoms with Gasteiger partial charge < -0.3 is 0 Å². The molecule has 0 atom stereocenters. The first-order valence-corrected chi connectivity index (χ1v) is 4.70. The lowest BCUT2D eigenvalue weighted by atomic mass is 10.1. The molecule has 0 radical (unpaired) electrons. The van der Waals surface area contributed by atoms with Crippen LogP contribution in [0.25, 0.3) is 0 Å². The highest BCUT2D eigenvalue weighted by molar-refractivity contribution is 9.09. The van der Waals surface area contributed by atoms with E-state index in [9.17, 15) is 17.6 Å². The molecule has 1 aromatic rings. The van der Waals surface area contributed by atoms with Crippen molar-refractivity contribution in [2.24, 2.45) is 0 Å². The highest BCUT2D eigenvalue weighted by Crippen LogP contribution is 2.38. The summed E-state index contributed by atoms with van der Waals surface area (Å²) >= 11 is 1.92. The lowest BCUT2D eigenvalue weighted by Gasteiger charge is -2.11. The topological polar surface area (TPSA) is 0 Å². The molecule has 0 unspecified atom stereocenters. The zero-order valence-electron chi connectivity index (χ0n) is 7.25. The summed E-state index contributed by atoms with van der Waals surface area (Å²) in [5.74, 6) is -2.47. The molecule has 0 aliphatic heterocycles. The third kappa shape index (κ3) is 2.26. The van der Waals surface area contributed by atoms with Gasteiger partial charge in [0.25, 0.3) is 0 Å². The number of benzene rings is 1. The van der Waals surface area contributed by atoms with Crippen LogP contribution in [-0.4, -0.2) is 0 Å². The van der Waals surface area contributed by atoms with Crippen molar-refractivity contribution in [3.8, 4) is 0 Å². The second kappa shape index (κ2) is 3.88. The van der Waals surface area contributed by atoms with Crippen molar-refractivity contribution in [3.63, 3.8) is 0 Å². The van der Waals surface area contributed by atoms with Crippen LogP contribution in [-0.2, 0) is 11.3 Å². The summed E-state index contributed by atoms with van der Waals surface area (Å²) in [6, 6.07) is 1.82. The number of hydrogen-bond donors (Lipinski definition) is 0. The smallest absolute Gasteiger partial charge is 0.206 e. The Kier molecular flexibility index (Phi) is 3.19. The molecule has 0 aliphatic carbocycles. The van der Waals surface area contributed by atoms with E-state index in [1.165, 1.54) is 0 Å². The van der Waals surface area contributed by atoms with E-state index in [4.69, 9.17) is 0 Å². The van der Waals surface area contributed by atoms with Gasteiger partial charge in [-0.2, -0.15) is 8.78 Å². The van der Waals surface area contributed by atoms with E-state index in [0.29, 0.717) is 12.0 Å². The Balaban J connectivity index is 3.33. The number of hydrogen-bond acceptors (Lipinski definition) is 0. The van der Waals surface area contributed by atoms with Crippen molar-refractivity contribution >= 4 is 15.9 Å². The molecule has 0 heterocycles. The molecule has 0 aliphatic rings. The first-order valence-electron chi connectivity index (χ1n) is 3.91. The van der Waals surface area contributed by atoms with Crippen LogP contribution in [0.3, 0.4) is 0 Å². The van der Waals surface area contributed by atoms with Crippen molar-refractivity contribution < 1.29 is 17.6 Å². The van der Waals surface area contributed by atoms with Crippen LogP contribution >= 0.6 is 15.9 Å². The third-order valence-electron chi connectivity index (χ3n) is 1.79.